The van der Waals surface area contributed by atoms with E-state index >= 15 is 0 Å². The van der Waals surface area contributed by atoms with Gasteiger partial charge in [-0.2, -0.15) is 0 Å². The number of aromatic nitrogens is 1. The van der Waals surface area contributed by atoms with Crippen molar-refractivity contribution >= 4 is 69.0 Å². The fourth-order valence-corrected chi connectivity index (χ4v) is 3.97. The Kier molecular flexibility index (Phi) is 7.02. The maximum atomic E-state index is 12.2. The molecule has 5 nitrogen and oxygen atoms in total. The van der Waals surface area contributed by atoms with Crippen LogP contribution in [0, 0.1) is 0 Å². The summed E-state index contributed by atoms with van der Waals surface area (Å²) in [7, 11) is 0. The molecular formula is C23H15Cl2N3O2S2. The summed E-state index contributed by atoms with van der Waals surface area (Å²) in [6.07, 6.45) is 2.92. The Morgan fingerprint density at radius 3 is 2.31 bits per heavy atom. The Morgan fingerprint density at radius 2 is 1.62 bits per heavy atom. The number of rotatable bonds is 5. The van der Waals surface area contributed by atoms with Crippen molar-refractivity contribution in [2.45, 2.75) is 0 Å². The number of hydrogen-bond acceptors (Lipinski definition) is 5. The summed E-state index contributed by atoms with van der Waals surface area (Å²) in [5, 5.41) is 9.44. The van der Waals surface area contributed by atoms with E-state index in [1.165, 1.54) is 17.4 Å². The van der Waals surface area contributed by atoms with Gasteiger partial charge >= 0.3 is 0 Å². The molecule has 32 heavy (non-hydrogen) atoms. The van der Waals surface area contributed by atoms with Crippen LogP contribution < -0.4 is 10.6 Å². The monoisotopic (exact) mass is 499 g/mol. The molecule has 0 aliphatic rings. The third-order valence-corrected chi connectivity index (χ3v) is 5.72. The molecule has 0 atom stereocenters. The minimum atomic E-state index is -0.388. The molecule has 0 radical (unpaired) electrons. The highest BCUT2D eigenvalue weighted by molar-refractivity contribution is 7.80. The molecule has 2 aromatic heterocycles. The molecule has 0 saturated carbocycles. The van der Waals surface area contributed by atoms with Gasteiger partial charge in [0.1, 0.15) is 11.5 Å². The van der Waals surface area contributed by atoms with Crippen molar-refractivity contribution in [3.05, 3.63) is 87.9 Å². The molecule has 2 aromatic carbocycles. The van der Waals surface area contributed by atoms with Crippen LogP contribution in [-0.4, -0.2) is 16.0 Å². The number of halogens is 2. The van der Waals surface area contributed by atoms with Gasteiger partial charge in [-0.1, -0.05) is 35.3 Å². The highest BCUT2D eigenvalue weighted by Gasteiger charge is 2.08. The summed E-state index contributed by atoms with van der Waals surface area (Å²) in [6, 6.07) is 18.3. The van der Waals surface area contributed by atoms with Gasteiger partial charge in [-0.05, 0) is 66.8 Å². The smallest absolute Gasteiger partial charge is 0.250 e. The Hall–Kier alpha value is -2.97. The van der Waals surface area contributed by atoms with Crippen molar-refractivity contribution in [3.63, 3.8) is 0 Å². The molecule has 4 aromatic rings. The fourth-order valence-electron chi connectivity index (χ4n) is 2.74. The van der Waals surface area contributed by atoms with Gasteiger partial charge in [-0.3, -0.25) is 10.1 Å². The number of carbonyl (C=O) groups is 1. The standard InChI is InChI=1S/C23H15Cl2N3O2S2/c24-16-5-1-14(2-6-16)19-13-32-23(26-19)28-22(31)27-21(29)12-10-18-9-11-20(30-18)15-3-7-17(25)8-4-15/h1-13H,(H2,26,27,28,29,31). The molecule has 0 unspecified atom stereocenters. The first kappa shape index (κ1) is 22.2. The van der Waals surface area contributed by atoms with Gasteiger partial charge in [-0.15, -0.1) is 11.3 Å². The molecule has 0 saturated heterocycles. The maximum Gasteiger partial charge on any atom is 0.250 e. The Labute approximate surface area is 203 Å². The lowest BCUT2D eigenvalue weighted by molar-refractivity contribution is -0.115. The van der Waals surface area contributed by atoms with Crippen LogP contribution in [0.4, 0.5) is 5.13 Å². The summed E-state index contributed by atoms with van der Waals surface area (Å²) in [5.74, 6) is 0.831. The van der Waals surface area contributed by atoms with Crippen molar-refractivity contribution in [2.75, 3.05) is 5.32 Å². The van der Waals surface area contributed by atoms with Gasteiger partial charge in [0, 0.05) is 32.6 Å². The average Bonchev–Trinajstić information content (AvgIpc) is 3.43. The Bertz CT molecular complexity index is 1280. The molecule has 1 amide bonds. The van der Waals surface area contributed by atoms with Gasteiger partial charge < -0.3 is 9.73 Å². The highest BCUT2D eigenvalue weighted by Crippen LogP contribution is 2.26. The van der Waals surface area contributed by atoms with Crippen LogP contribution in [0.5, 0.6) is 0 Å². The average molecular weight is 500 g/mol. The summed E-state index contributed by atoms with van der Waals surface area (Å²) in [6.45, 7) is 0. The van der Waals surface area contributed by atoms with Gasteiger partial charge in [0.25, 0.3) is 0 Å². The predicted molar refractivity (Wildman–Crippen MR) is 135 cm³/mol. The minimum absolute atomic E-state index is 0.151. The number of nitrogens with one attached hydrogen (secondary N) is 2. The fraction of sp³-hybridized carbons (Fsp3) is 0. The van der Waals surface area contributed by atoms with Gasteiger partial charge in [0.05, 0.1) is 5.69 Å². The van der Waals surface area contributed by atoms with Gasteiger partial charge in [0.2, 0.25) is 5.91 Å². The normalized spacial score (nSPS) is 10.9. The molecule has 0 aliphatic carbocycles. The number of hydrogen-bond donors (Lipinski definition) is 2. The van der Waals surface area contributed by atoms with Crippen LogP contribution in [-0.2, 0) is 4.79 Å². The zero-order chi connectivity index (χ0) is 22.5. The van der Waals surface area contributed by atoms with Crippen LogP contribution in [0.2, 0.25) is 10.0 Å². The third-order valence-electron chi connectivity index (χ3n) is 4.26. The second-order valence-corrected chi connectivity index (χ2v) is 8.67. The number of carbonyl (C=O) groups excluding carboxylic acids is 1. The summed E-state index contributed by atoms with van der Waals surface area (Å²) >= 11 is 18.4. The van der Waals surface area contributed by atoms with E-state index in [-0.39, 0.29) is 11.0 Å². The SMILES string of the molecule is O=C(C=Cc1ccc(-c2ccc(Cl)cc2)o1)NC(=S)Nc1nc(-c2ccc(Cl)cc2)cs1. The predicted octanol–water partition coefficient (Wildman–Crippen LogP) is 6.90. The minimum Gasteiger partial charge on any atom is -0.457 e. The molecule has 160 valence electrons. The van der Waals surface area contributed by atoms with Crippen molar-refractivity contribution in [1.29, 1.82) is 0 Å². The van der Waals surface area contributed by atoms with Gasteiger partial charge in [0.15, 0.2) is 10.2 Å². The first-order chi connectivity index (χ1) is 15.5. The molecule has 2 heterocycles. The van der Waals surface area contributed by atoms with E-state index in [2.05, 4.69) is 15.6 Å². The molecule has 0 aliphatic heterocycles. The van der Waals surface area contributed by atoms with E-state index in [1.807, 2.05) is 35.7 Å². The lowest BCUT2D eigenvalue weighted by atomic mass is 10.2. The Morgan fingerprint density at radius 1 is 0.969 bits per heavy atom. The van der Waals surface area contributed by atoms with E-state index in [0.29, 0.717) is 26.7 Å². The van der Waals surface area contributed by atoms with Crippen molar-refractivity contribution in [1.82, 2.24) is 10.3 Å². The first-order valence-corrected chi connectivity index (χ1v) is 11.4. The zero-order valence-corrected chi connectivity index (χ0v) is 19.5. The second kappa shape index (κ2) is 10.1. The van der Waals surface area contributed by atoms with E-state index < -0.39 is 0 Å². The Balaban J connectivity index is 1.31. The molecule has 0 spiro atoms. The van der Waals surface area contributed by atoms with Crippen LogP contribution >= 0.6 is 46.8 Å². The summed E-state index contributed by atoms with van der Waals surface area (Å²) in [5.41, 5.74) is 2.62. The molecule has 9 heteroatoms. The van der Waals surface area contributed by atoms with Gasteiger partial charge in [-0.25, -0.2) is 4.98 Å². The van der Waals surface area contributed by atoms with Crippen molar-refractivity contribution in [3.8, 4) is 22.6 Å². The summed E-state index contributed by atoms with van der Waals surface area (Å²) in [4.78, 5) is 16.7. The zero-order valence-electron chi connectivity index (χ0n) is 16.3. The van der Waals surface area contributed by atoms with Crippen LogP contribution in [0.15, 0.2) is 76.5 Å². The molecule has 2 N–H and O–H groups in total. The first-order valence-electron chi connectivity index (χ1n) is 9.33. The summed E-state index contributed by atoms with van der Waals surface area (Å²) < 4.78 is 5.74. The second-order valence-electron chi connectivity index (χ2n) is 6.53. The van der Waals surface area contributed by atoms with Crippen molar-refractivity contribution in [2.24, 2.45) is 0 Å². The van der Waals surface area contributed by atoms with E-state index in [4.69, 9.17) is 39.8 Å². The topological polar surface area (TPSA) is 67.2 Å². The van der Waals surface area contributed by atoms with Crippen LogP contribution in [0.1, 0.15) is 5.76 Å². The van der Waals surface area contributed by atoms with E-state index in [0.717, 1.165) is 16.8 Å². The molecule has 4 rings (SSSR count). The lowest BCUT2D eigenvalue weighted by Gasteiger charge is -2.04. The number of furan rings is 1. The third kappa shape index (κ3) is 5.83. The molecule has 0 fully saturated rings. The van der Waals surface area contributed by atoms with Crippen LogP contribution in [0.3, 0.4) is 0 Å². The molecular weight excluding hydrogens is 485 g/mol. The highest BCUT2D eigenvalue weighted by atomic mass is 35.5. The number of nitrogens with zero attached hydrogens (tertiary/aromatic N) is 1. The van der Waals surface area contributed by atoms with E-state index in [1.54, 1.807) is 36.4 Å². The quantitative estimate of drug-likeness (QED) is 0.230. The van der Waals surface area contributed by atoms with Crippen LogP contribution in [0.25, 0.3) is 28.7 Å². The van der Waals surface area contributed by atoms with Crippen molar-refractivity contribution < 1.29 is 9.21 Å². The number of anilines is 1. The van der Waals surface area contributed by atoms with E-state index in [9.17, 15) is 4.79 Å². The number of thiocarbonyl (C=S) groups is 1. The number of thiazole rings is 1. The molecule has 0 bridgehead atoms. The number of benzene rings is 2. The number of amides is 1. The largest absolute Gasteiger partial charge is 0.457 e. The maximum absolute atomic E-state index is 12.2. The lowest BCUT2D eigenvalue weighted by Crippen LogP contribution is -2.32.